The first kappa shape index (κ1) is 14.4. The van der Waals surface area contributed by atoms with Crippen LogP contribution in [0, 0.1) is 0 Å². The van der Waals surface area contributed by atoms with Crippen LogP contribution >= 0.6 is 11.3 Å². The van der Waals surface area contributed by atoms with Crippen LogP contribution in [0.3, 0.4) is 0 Å². The van der Waals surface area contributed by atoms with Crippen molar-refractivity contribution in [2.24, 2.45) is 0 Å². The molecule has 1 aliphatic heterocycles. The van der Waals surface area contributed by atoms with E-state index in [4.69, 9.17) is 4.52 Å². The van der Waals surface area contributed by atoms with Crippen molar-refractivity contribution in [1.82, 2.24) is 19.9 Å². The van der Waals surface area contributed by atoms with Gasteiger partial charge in [-0.15, -0.1) is 11.3 Å². The maximum absolute atomic E-state index is 12.1. The molecule has 0 radical (unpaired) electrons. The van der Waals surface area contributed by atoms with E-state index < -0.39 is 17.8 Å². The molecule has 9 heteroatoms. The van der Waals surface area contributed by atoms with Crippen LogP contribution in [0.5, 0.6) is 0 Å². The van der Waals surface area contributed by atoms with Crippen molar-refractivity contribution in [1.29, 1.82) is 0 Å². The Morgan fingerprint density at radius 3 is 2.64 bits per heavy atom. The Balaban J connectivity index is 1.80. The smallest absolute Gasteiger partial charge is 0.333 e. The number of nitrogens with zero attached hydrogens (tertiary/aromatic N) is 4. The van der Waals surface area contributed by atoms with Gasteiger partial charge in [0.2, 0.25) is 0 Å². The number of urea groups is 1. The lowest BCUT2D eigenvalue weighted by atomic mass is 10.3. The Kier molecular flexibility index (Phi) is 3.49. The number of rotatable bonds is 4. The molecule has 0 aliphatic carbocycles. The topological polar surface area (TPSA) is 96.6 Å². The van der Waals surface area contributed by atoms with Crippen LogP contribution in [0.25, 0.3) is 10.8 Å². The first-order valence-electron chi connectivity index (χ1n) is 6.54. The van der Waals surface area contributed by atoms with Crippen molar-refractivity contribution >= 4 is 29.2 Å². The lowest BCUT2D eigenvalue weighted by molar-refractivity contribution is -0.144. The minimum atomic E-state index is -0.874. The zero-order valence-corrected chi connectivity index (χ0v) is 12.7. The van der Waals surface area contributed by atoms with Gasteiger partial charge in [-0.3, -0.25) is 14.5 Å². The highest BCUT2D eigenvalue weighted by molar-refractivity contribution is 7.13. The molecule has 0 N–H and O–H groups in total. The van der Waals surface area contributed by atoms with E-state index in [9.17, 15) is 14.4 Å². The van der Waals surface area contributed by atoms with Crippen LogP contribution < -0.4 is 0 Å². The second-order valence-electron chi connectivity index (χ2n) is 4.94. The number of thiophene rings is 1. The largest absolute Gasteiger partial charge is 0.334 e. The molecule has 2 aromatic rings. The van der Waals surface area contributed by atoms with Crippen molar-refractivity contribution in [3.05, 3.63) is 23.3 Å². The third-order valence-electron chi connectivity index (χ3n) is 3.10. The van der Waals surface area contributed by atoms with Gasteiger partial charge < -0.3 is 4.52 Å². The second-order valence-corrected chi connectivity index (χ2v) is 5.88. The third-order valence-corrected chi connectivity index (χ3v) is 3.96. The van der Waals surface area contributed by atoms with E-state index >= 15 is 0 Å². The van der Waals surface area contributed by atoms with E-state index in [1.54, 1.807) is 13.8 Å². The molecule has 22 heavy (non-hydrogen) atoms. The first-order chi connectivity index (χ1) is 10.5. The highest BCUT2D eigenvalue weighted by atomic mass is 32.1. The second kappa shape index (κ2) is 5.34. The molecule has 2 aromatic heterocycles. The predicted molar refractivity (Wildman–Crippen MR) is 75.5 cm³/mol. The number of aromatic nitrogens is 2. The molecule has 4 amide bonds. The number of carbonyl (C=O) groups is 3. The van der Waals surface area contributed by atoms with Gasteiger partial charge in [-0.05, 0) is 25.3 Å². The monoisotopic (exact) mass is 320 g/mol. The summed E-state index contributed by atoms with van der Waals surface area (Å²) in [5.74, 6) is -1.22. The van der Waals surface area contributed by atoms with Gasteiger partial charge in [0, 0.05) is 6.04 Å². The van der Waals surface area contributed by atoms with Gasteiger partial charge in [-0.2, -0.15) is 4.98 Å². The van der Waals surface area contributed by atoms with Crippen LogP contribution in [0.1, 0.15) is 19.7 Å². The average molecular weight is 320 g/mol. The van der Waals surface area contributed by atoms with E-state index in [0.717, 1.165) is 14.7 Å². The molecule has 0 atom stereocenters. The van der Waals surface area contributed by atoms with Crippen LogP contribution in [0.2, 0.25) is 0 Å². The zero-order valence-electron chi connectivity index (χ0n) is 11.8. The fraction of sp³-hybridized carbons (Fsp3) is 0.308. The lowest BCUT2D eigenvalue weighted by Crippen LogP contribution is -2.38. The van der Waals surface area contributed by atoms with E-state index in [1.165, 1.54) is 11.3 Å². The Morgan fingerprint density at radius 1 is 1.27 bits per heavy atom. The molecule has 0 saturated carbocycles. The Hall–Kier alpha value is -2.55. The summed E-state index contributed by atoms with van der Waals surface area (Å²) in [5.41, 5.74) is 0. The highest BCUT2D eigenvalue weighted by Gasteiger charge is 2.46. The summed E-state index contributed by atoms with van der Waals surface area (Å²) in [6.45, 7) is 3.13. The molecule has 0 bridgehead atoms. The molecule has 1 fully saturated rings. The molecule has 0 aromatic carbocycles. The summed E-state index contributed by atoms with van der Waals surface area (Å²) < 4.78 is 5.09. The maximum Gasteiger partial charge on any atom is 0.334 e. The van der Waals surface area contributed by atoms with E-state index in [2.05, 4.69) is 10.1 Å². The van der Waals surface area contributed by atoms with Gasteiger partial charge in [-0.1, -0.05) is 11.2 Å². The minimum Gasteiger partial charge on any atom is -0.333 e. The molecular weight excluding hydrogens is 308 g/mol. The Labute approximate surface area is 129 Å². The van der Waals surface area contributed by atoms with Crippen molar-refractivity contribution in [2.45, 2.75) is 26.4 Å². The van der Waals surface area contributed by atoms with Gasteiger partial charge >= 0.3 is 17.8 Å². The summed E-state index contributed by atoms with van der Waals surface area (Å²) in [6.07, 6.45) is 0. The van der Waals surface area contributed by atoms with Gasteiger partial charge in [0.25, 0.3) is 5.89 Å². The van der Waals surface area contributed by atoms with E-state index in [-0.39, 0.29) is 18.4 Å². The maximum atomic E-state index is 12.1. The summed E-state index contributed by atoms with van der Waals surface area (Å²) in [4.78, 5) is 42.5. The van der Waals surface area contributed by atoms with Gasteiger partial charge in [-0.25, -0.2) is 9.69 Å². The molecule has 1 saturated heterocycles. The predicted octanol–water partition coefficient (Wildman–Crippen LogP) is 1.50. The van der Waals surface area contributed by atoms with E-state index in [0.29, 0.717) is 5.89 Å². The van der Waals surface area contributed by atoms with Gasteiger partial charge in [0.1, 0.15) is 0 Å². The number of imide groups is 2. The van der Waals surface area contributed by atoms with Crippen LogP contribution in [-0.4, -0.2) is 43.8 Å². The SMILES string of the molecule is CC(C)N1C(=O)C(=O)N(Cc2noc(-c3cccs3)n2)C1=O. The van der Waals surface area contributed by atoms with Crippen LogP contribution in [-0.2, 0) is 16.1 Å². The lowest BCUT2D eigenvalue weighted by Gasteiger charge is -2.17. The summed E-state index contributed by atoms with van der Waals surface area (Å²) in [6, 6.07) is 2.61. The fourth-order valence-electron chi connectivity index (χ4n) is 2.08. The summed E-state index contributed by atoms with van der Waals surface area (Å²) in [5, 5.41) is 5.61. The van der Waals surface area contributed by atoms with Gasteiger partial charge in [0.15, 0.2) is 5.82 Å². The molecule has 8 nitrogen and oxygen atoms in total. The first-order valence-corrected chi connectivity index (χ1v) is 7.42. The van der Waals surface area contributed by atoms with Crippen molar-refractivity contribution in [3.8, 4) is 10.8 Å². The Morgan fingerprint density at radius 2 is 2.05 bits per heavy atom. The fourth-order valence-corrected chi connectivity index (χ4v) is 2.72. The molecular formula is C13H12N4O4S. The normalized spacial score (nSPS) is 15.5. The zero-order chi connectivity index (χ0) is 15.9. The molecule has 0 unspecified atom stereocenters. The highest BCUT2D eigenvalue weighted by Crippen LogP contribution is 2.23. The average Bonchev–Trinajstić information content (AvgIpc) is 3.17. The summed E-state index contributed by atoms with van der Waals surface area (Å²) >= 11 is 1.43. The van der Waals surface area contributed by atoms with Crippen LogP contribution in [0.4, 0.5) is 4.79 Å². The molecule has 1 aliphatic rings. The van der Waals surface area contributed by atoms with Gasteiger partial charge in [0.05, 0.1) is 11.4 Å². The number of hydrogen-bond acceptors (Lipinski definition) is 7. The molecule has 0 spiro atoms. The molecule has 3 heterocycles. The minimum absolute atomic E-state index is 0.170. The standard InChI is InChI=1S/C13H12N4O4S/c1-7(2)17-12(19)11(18)16(13(17)20)6-9-14-10(21-15-9)8-4-3-5-22-8/h3-5,7H,6H2,1-2H3. The number of amides is 4. The van der Waals surface area contributed by atoms with Crippen molar-refractivity contribution in [2.75, 3.05) is 0 Å². The summed E-state index contributed by atoms with van der Waals surface area (Å²) in [7, 11) is 0. The number of hydrogen-bond donors (Lipinski definition) is 0. The number of carbonyl (C=O) groups excluding carboxylic acids is 3. The molecule has 114 valence electrons. The van der Waals surface area contributed by atoms with Crippen molar-refractivity contribution in [3.63, 3.8) is 0 Å². The van der Waals surface area contributed by atoms with Crippen molar-refractivity contribution < 1.29 is 18.9 Å². The third kappa shape index (κ3) is 2.29. The molecule has 3 rings (SSSR count). The van der Waals surface area contributed by atoms with Crippen LogP contribution in [0.15, 0.2) is 22.0 Å². The Bertz CT molecular complexity index is 737. The quantitative estimate of drug-likeness (QED) is 0.625. The van der Waals surface area contributed by atoms with E-state index in [1.807, 2.05) is 17.5 Å².